The first kappa shape index (κ1) is 21.0. The molecule has 0 radical (unpaired) electrons. The molecule has 0 heterocycles. The molecule has 3 rings (SSSR count). The van der Waals surface area contributed by atoms with Gasteiger partial charge in [-0.05, 0) is 66.6 Å². The fourth-order valence-corrected chi connectivity index (χ4v) is 3.18. The van der Waals surface area contributed by atoms with Crippen LogP contribution in [0.5, 0.6) is 5.75 Å². The van der Waals surface area contributed by atoms with Crippen LogP contribution >= 0.6 is 0 Å². The molecule has 1 nitrogen and oxygen atoms in total. The second kappa shape index (κ2) is 9.64. The van der Waals surface area contributed by atoms with E-state index in [0.29, 0.717) is 30.6 Å². The van der Waals surface area contributed by atoms with Gasteiger partial charge in [-0.15, -0.1) is 0 Å². The maximum Gasteiger partial charge on any atom is 0.201 e. The summed E-state index contributed by atoms with van der Waals surface area (Å²) < 4.78 is 48.1. The molecule has 3 aromatic carbocycles. The molecule has 0 aliphatic carbocycles. The molecule has 29 heavy (non-hydrogen) atoms. The van der Waals surface area contributed by atoms with Crippen molar-refractivity contribution in [3.8, 4) is 16.9 Å². The first-order chi connectivity index (χ1) is 14.0. The van der Waals surface area contributed by atoms with Gasteiger partial charge < -0.3 is 4.74 Å². The molecule has 0 saturated heterocycles. The minimum atomic E-state index is -0.961. The van der Waals surface area contributed by atoms with Gasteiger partial charge in [-0.3, -0.25) is 0 Å². The normalized spacial score (nSPS) is 10.9. The highest BCUT2D eigenvalue weighted by Gasteiger charge is 2.15. The standard InChI is InChI=1S/C25H25F3O/c1-3-4-15-29-23-14-13-21(24(27)25(23)28)19-10-6-18(7-11-19)8-12-20-9-5-17(2)16-22(20)26/h5-7,9-11,13-14,16H,3-4,8,12,15H2,1-2H3. The summed E-state index contributed by atoms with van der Waals surface area (Å²) in [7, 11) is 0. The summed E-state index contributed by atoms with van der Waals surface area (Å²) in [5.74, 6) is -2.12. The van der Waals surface area contributed by atoms with Crippen LogP contribution in [0.2, 0.25) is 0 Å². The Labute approximate surface area is 170 Å². The van der Waals surface area contributed by atoms with Gasteiger partial charge in [0.15, 0.2) is 11.6 Å². The Kier molecular flexibility index (Phi) is 6.97. The quantitative estimate of drug-likeness (QED) is 0.370. The average Bonchev–Trinajstić information content (AvgIpc) is 2.71. The Balaban J connectivity index is 1.70. The summed E-state index contributed by atoms with van der Waals surface area (Å²) in [5, 5.41) is 0. The first-order valence-electron chi connectivity index (χ1n) is 9.94. The molecule has 0 unspecified atom stereocenters. The van der Waals surface area contributed by atoms with E-state index < -0.39 is 11.6 Å². The van der Waals surface area contributed by atoms with Crippen molar-refractivity contribution in [1.29, 1.82) is 0 Å². The molecule has 4 heteroatoms. The van der Waals surface area contributed by atoms with E-state index in [-0.39, 0.29) is 17.1 Å². The highest BCUT2D eigenvalue weighted by molar-refractivity contribution is 5.65. The number of rotatable bonds is 8. The van der Waals surface area contributed by atoms with Crippen molar-refractivity contribution < 1.29 is 17.9 Å². The molecule has 0 saturated carbocycles. The van der Waals surface area contributed by atoms with Gasteiger partial charge in [0.2, 0.25) is 5.82 Å². The van der Waals surface area contributed by atoms with E-state index in [1.54, 1.807) is 18.2 Å². The Bertz CT molecular complexity index is 965. The molecule has 0 spiro atoms. The number of hydrogen-bond donors (Lipinski definition) is 0. The zero-order chi connectivity index (χ0) is 20.8. The molecule has 0 amide bonds. The molecule has 0 aliphatic heterocycles. The second-order valence-corrected chi connectivity index (χ2v) is 7.23. The molecule has 0 N–H and O–H groups in total. The summed E-state index contributed by atoms with van der Waals surface area (Å²) in [6, 6.07) is 15.5. The number of halogens is 3. The van der Waals surface area contributed by atoms with Crippen molar-refractivity contribution in [2.75, 3.05) is 6.61 Å². The van der Waals surface area contributed by atoms with Crippen LogP contribution in [0.1, 0.15) is 36.5 Å². The lowest BCUT2D eigenvalue weighted by atomic mass is 9.99. The third-order valence-corrected chi connectivity index (χ3v) is 4.96. The van der Waals surface area contributed by atoms with Gasteiger partial charge in [0.25, 0.3) is 0 Å². The van der Waals surface area contributed by atoms with E-state index in [4.69, 9.17) is 4.74 Å². The highest BCUT2D eigenvalue weighted by Crippen LogP contribution is 2.30. The topological polar surface area (TPSA) is 9.23 Å². The Morgan fingerprint density at radius 1 is 0.828 bits per heavy atom. The van der Waals surface area contributed by atoms with Gasteiger partial charge in [-0.1, -0.05) is 49.7 Å². The van der Waals surface area contributed by atoms with Crippen LogP contribution in [0.4, 0.5) is 13.2 Å². The molecule has 152 valence electrons. The van der Waals surface area contributed by atoms with Gasteiger partial charge in [0.05, 0.1) is 6.61 Å². The van der Waals surface area contributed by atoms with Crippen LogP contribution in [0.25, 0.3) is 11.1 Å². The van der Waals surface area contributed by atoms with E-state index in [1.165, 1.54) is 18.2 Å². The summed E-state index contributed by atoms with van der Waals surface area (Å²) in [4.78, 5) is 0. The predicted molar refractivity (Wildman–Crippen MR) is 111 cm³/mol. The average molecular weight is 398 g/mol. The fourth-order valence-electron chi connectivity index (χ4n) is 3.18. The smallest absolute Gasteiger partial charge is 0.201 e. The lowest BCUT2D eigenvalue weighted by Crippen LogP contribution is -2.01. The van der Waals surface area contributed by atoms with E-state index in [1.807, 2.05) is 32.0 Å². The third kappa shape index (κ3) is 5.20. The number of ether oxygens (including phenoxy) is 1. The van der Waals surface area contributed by atoms with Gasteiger partial charge >= 0.3 is 0 Å². The molecular formula is C25H25F3O. The number of benzene rings is 3. The molecule has 3 aromatic rings. The van der Waals surface area contributed by atoms with Crippen molar-refractivity contribution in [2.24, 2.45) is 0 Å². The van der Waals surface area contributed by atoms with Crippen molar-refractivity contribution >= 4 is 0 Å². The van der Waals surface area contributed by atoms with E-state index >= 15 is 0 Å². The Morgan fingerprint density at radius 2 is 1.59 bits per heavy atom. The summed E-state index contributed by atoms with van der Waals surface area (Å²) in [6.45, 7) is 4.23. The zero-order valence-electron chi connectivity index (χ0n) is 16.8. The van der Waals surface area contributed by atoms with Crippen LogP contribution in [0.3, 0.4) is 0 Å². The van der Waals surface area contributed by atoms with Crippen LogP contribution in [0.15, 0.2) is 54.6 Å². The van der Waals surface area contributed by atoms with Gasteiger partial charge in [-0.2, -0.15) is 4.39 Å². The maximum atomic E-state index is 14.5. The molecule has 0 bridgehead atoms. The van der Waals surface area contributed by atoms with Crippen molar-refractivity contribution in [3.05, 3.63) is 88.7 Å². The van der Waals surface area contributed by atoms with Crippen LogP contribution in [0, 0.1) is 24.4 Å². The number of aryl methyl sites for hydroxylation is 3. The molecule has 0 aromatic heterocycles. The van der Waals surface area contributed by atoms with Crippen molar-refractivity contribution in [1.82, 2.24) is 0 Å². The first-order valence-corrected chi connectivity index (χ1v) is 9.94. The zero-order valence-corrected chi connectivity index (χ0v) is 16.8. The summed E-state index contributed by atoms with van der Waals surface area (Å²) >= 11 is 0. The minimum absolute atomic E-state index is 0.0588. The highest BCUT2D eigenvalue weighted by atomic mass is 19.2. The van der Waals surface area contributed by atoms with Crippen LogP contribution in [-0.4, -0.2) is 6.61 Å². The monoisotopic (exact) mass is 398 g/mol. The molecule has 0 fully saturated rings. The number of hydrogen-bond acceptors (Lipinski definition) is 1. The van der Waals surface area contributed by atoms with Gasteiger partial charge in [-0.25, -0.2) is 8.78 Å². The van der Waals surface area contributed by atoms with Crippen molar-refractivity contribution in [3.63, 3.8) is 0 Å². The van der Waals surface area contributed by atoms with Crippen LogP contribution < -0.4 is 4.74 Å². The predicted octanol–water partition coefficient (Wildman–Crippen LogP) is 7.04. The Hall–Kier alpha value is -2.75. The summed E-state index contributed by atoms with van der Waals surface area (Å²) in [5.41, 5.74) is 3.36. The minimum Gasteiger partial charge on any atom is -0.490 e. The lowest BCUT2D eigenvalue weighted by Gasteiger charge is -2.11. The number of unbranched alkanes of at least 4 members (excludes halogenated alkanes) is 1. The van der Waals surface area contributed by atoms with Crippen LogP contribution in [-0.2, 0) is 12.8 Å². The van der Waals surface area contributed by atoms with E-state index in [9.17, 15) is 13.2 Å². The molecule has 0 atom stereocenters. The van der Waals surface area contributed by atoms with E-state index in [0.717, 1.165) is 24.0 Å². The Morgan fingerprint density at radius 3 is 2.28 bits per heavy atom. The van der Waals surface area contributed by atoms with Gasteiger partial charge in [0, 0.05) is 5.56 Å². The fraction of sp³-hybridized carbons (Fsp3) is 0.280. The third-order valence-electron chi connectivity index (χ3n) is 4.96. The maximum absolute atomic E-state index is 14.5. The molecule has 0 aliphatic rings. The lowest BCUT2D eigenvalue weighted by molar-refractivity contribution is 0.289. The van der Waals surface area contributed by atoms with Crippen molar-refractivity contribution in [2.45, 2.75) is 39.5 Å². The summed E-state index contributed by atoms with van der Waals surface area (Å²) in [6.07, 6.45) is 2.96. The van der Waals surface area contributed by atoms with Gasteiger partial charge in [0.1, 0.15) is 5.82 Å². The van der Waals surface area contributed by atoms with E-state index in [2.05, 4.69) is 0 Å². The molecular weight excluding hydrogens is 373 g/mol. The second-order valence-electron chi connectivity index (χ2n) is 7.23. The largest absolute Gasteiger partial charge is 0.490 e. The SMILES string of the molecule is CCCCOc1ccc(-c2ccc(CCc3ccc(C)cc3F)cc2)c(F)c1F.